The lowest BCUT2D eigenvalue weighted by molar-refractivity contribution is -0.147. The van der Waals surface area contributed by atoms with Crippen LogP contribution in [0.1, 0.15) is 27.4 Å². The summed E-state index contributed by atoms with van der Waals surface area (Å²) in [6, 6.07) is 3.42. The molecule has 4 nitrogen and oxygen atoms in total. The van der Waals surface area contributed by atoms with Gasteiger partial charge < -0.3 is 9.84 Å². The summed E-state index contributed by atoms with van der Waals surface area (Å²) in [5.41, 5.74) is -0.857. The largest absolute Gasteiger partial charge is 0.481 e. The number of hydrogen-bond donors (Lipinski definition) is 1. The standard InChI is InChI=1S/C11H12O4S/c12-7-8-1-2-9(16-8)11(10(13)14)3-5-15-6-4-11/h1-2,7H,3-6H2,(H,13,14). The number of carboxylic acid groups (broad SMARTS) is 1. The molecule has 86 valence electrons. The van der Waals surface area contributed by atoms with Crippen molar-refractivity contribution in [2.24, 2.45) is 0 Å². The fourth-order valence-electron chi connectivity index (χ4n) is 1.96. The molecule has 2 heterocycles. The second kappa shape index (κ2) is 4.35. The van der Waals surface area contributed by atoms with Crippen molar-refractivity contribution >= 4 is 23.6 Å². The number of carbonyl (C=O) groups excluding carboxylic acids is 1. The average Bonchev–Trinajstić information content (AvgIpc) is 2.78. The van der Waals surface area contributed by atoms with E-state index >= 15 is 0 Å². The van der Waals surface area contributed by atoms with E-state index in [2.05, 4.69) is 0 Å². The minimum absolute atomic E-state index is 0.459. The van der Waals surface area contributed by atoms with E-state index in [-0.39, 0.29) is 0 Å². The molecule has 1 aliphatic rings. The van der Waals surface area contributed by atoms with Crippen LogP contribution in [0.15, 0.2) is 12.1 Å². The summed E-state index contributed by atoms with van der Waals surface area (Å²) in [5, 5.41) is 9.39. The van der Waals surface area contributed by atoms with Gasteiger partial charge in [0.15, 0.2) is 6.29 Å². The lowest BCUT2D eigenvalue weighted by Gasteiger charge is -2.32. The SMILES string of the molecule is O=Cc1ccc(C2(C(=O)O)CCOCC2)s1. The van der Waals surface area contributed by atoms with Crippen LogP contribution in [0.3, 0.4) is 0 Å². The molecule has 0 unspecified atom stereocenters. The van der Waals surface area contributed by atoms with E-state index in [0.29, 0.717) is 30.9 Å². The van der Waals surface area contributed by atoms with Crippen LogP contribution >= 0.6 is 11.3 Å². The van der Waals surface area contributed by atoms with Gasteiger partial charge in [-0.15, -0.1) is 11.3 Å². The Bertz CT molecular complexity index is 404. The molecule has 1 saturated heterocycles. The molecule has 0 spiro atoms. The van der Waals surface area contributed by atoms with Gasteiger partial charge in [0.1, 0.15) is 5.41 Å². The van der Waals surface area contributed by atoms with E-state index < -0.39 is 11.4 Å². The molecule has 0 amide bonds. The quantitative estimate of drug-likeness (QED) is 0.817. The molecule has 0 atom stereocenters. The maximum atomic E-state index is 11.4. The number of rotatable bonds is 3. The molecule has 1 aliphatic heterocycles. The van der Waals surface area contributed by atoms with Gasteiger partial charge in [0.2, 0.25) is 0 Å². The van der Waals surface area contributed by atoms with Crippen molar-refractivity contribution < 1.29 is 19.4 Å². The third-order valence-electron chi connectivity index (χ3n) is 2.97. The first kappa shape index (κ1) is 11.3. The summed E-state index contributed by atoms with van der Waals surface area (Å²) < 4.78 is 5.20. The summed E-state index contributed by atoms with van der Waals surface area (Å²) >= 11 is 1.26. The Hall–Kier alpha value is -1.20. The van der Waals surface area contributed by atoms with Crippen LogP contribution in [0.5, 0.6) is 0 Å². The van der Waals surface area contributed by atoms with E-state index in [1.807, 2.05) is 0 Å². The Kier molecular flexibility index (Phi) is 3.07. The van der Waals surface area contributed by atoms with Crippen molar-refractivity contribution in [3.8, 4) is 0 Å². The first-order chi connectivity index (χ1) is 7.69. The molecular weight excluding hydrogens is 228 g/mol. The van der Waals surface area contributed by atoms with Gasteiger partial charge in [-0.3, -0.25) is 9.59 Å². The molecule has 1 aromatic rings. The Balaban J connectivity index is 2.38. The average molecular weight is 240 g/mol. The van der Waals surface area contributed by atoms with Gasteiger partial charge in [0.25, 0.3) is 0 Å². The number of ether oxygens (including phenoxy) is 1. The van der Waals surface area contributed by atoms with Gasteiger partial charge >= 0.3 is 5.97 Å². The lowest BCUT2D eigenvalue weighted by atomic mass is 9.79. The van der Waals surface area contributed by atoms with Crippen molar-refractivity contribution in [1.82, 2.24) is 0 Å². The molecule has 0 aliphatic carbocycles. The first-order valence-corrected chi connectivity index (χ1v) is 5.87. The zero-order valence-electron chi connectivity index (χ0n) is 8.64. The minimum atomic E-state index is -0.857. The van der Waals surface area contributed by atoms with E-state index in [9.17, 15) is 14.7 Å². The fourth-order valence-corrected chi connectivity index (χ4v) is 3.02. The molecule has 1 fully saturated rings. The number of hydrogen-bond acceptors (Lipinski definition) is 4. The zero-order valence-corrected chi connectivity index (χ0v) is 9.46. The summed E-state index contributed by atoms with van der Waals surface area (Å²) in [6.45, 7) is 0.918. The third kappa shape index (κ3) is 1.76. The highest BCUT2D eigenvalue weighted by atomic mass is 32.1. The molecule has 2 rings (SSSR count). The number of carboxylic acids is 1. The zero-order chi connectivity index (χ0) is 11.6. The van der Waals surface area contributed by atoms with Crippen molar-refractivity contribution in [3.05, 3.63) is 21.9 Å². The third-order valence-corrected chi connectivity index (χ3v) is 4.19. The maximum Gasteiger partial charge on any atom is 0.315 e. The summed E-state index contributed by atoms with van der Waals surface area (Å²) in [7, 11) is 0. The topological polar surface area (TPSA) is 63.6 Å². The van der Waals surface area contributed by atoms with Crippen LogP contribution in [0.2, 0.25) is 0 Å². The van der Waals surface area contributed by atoms with Gasteiger partial charge in [0.05, 0.1) is 4.88 Å². The summed E-state index contributed by atoms with van der Waals surface area (Å²) in [5.74, 6) is -0.824. The monoisotopic (exact) mass is 240 g/mol. The highest BCUT2D eigenvalue weighted by Crippen LogP contribution is 2.38. The van der Waals surface area contributed by atoms with Gasteiger partial charge in [-0.25, -0.2) is 0 Å². The minimum Gasteiger partial charge on any atom is -0.481 e. The van der Waals surface area contributed by atoms with Crippen LogP contribution in [0.4, 0.5) is 0 Å². The second-order valence-electron chi connectivity index (χ2n) is 3.82. The second-order valence-corrected chi connectivity index (χ2v) is 4.93. The number of thiophene rings is 1. The van der Waals surface area contributed by atoms with Gasteiger partial charge in [0, 0.05) is 18.1 Å². The van der Waals surface area contributed by atoms with Crippen LogP contribution in [-0.2, 0) is 14.9 Å². The molecule has 5 heteroatoms. The van der Waals surface area contributed by atoms with Gasteiger partial charge in [-0.05, 0) is 25.0 Å². The predicted molar refractivity (Wildman–Crippen MR) is 59.1 cm³/mol. The lowest BCUT2D eigenvalue weighted by Crippen LogP contribution is -2.40. The highest BCUT2D eigenvalue weighted by Gasteiger charge is 2.43. The van der Waals surface area contributed by atoms with E-state index in [0.717, 1.165) is 11.2 Å². The molecule has 0 bridgehead atoms. The Labute approximate surface area is 96.9 Å². The first-order valence-electron chi connectivity index (χ1n) is 5.06. The number of aldehydes is 1. The normalized spacial score (nSPS) is 19.2. The Morgan fingerprint density at radius 1 is 1.44 bits per heavy atom. The van der Waals surface area contributed by atoms with E-state index in [4.69, 9.17) is 4.74 Å². The molecular formula is C11H12O4S. The van der Waals surface area contributed by atoms with Gasteiger partial charge in [-0.1, -0.05) is 0 Å². The summed E-state index contributed by atoms with van der Waals surface area (Å²) in [6.07, 6.45) is 1.70. The van der Waals surface area contributed by atoms with Gasteiger partial charge in [-0.2, -0.15) is 0 Å². The predicted octanol–water partition coefficient (Wildman–Crippen LogP) is 1.69. The summed E-state index contributed by atoms with van der Waals surface area (Å²) in [4.78, 5) is 23.4. The van der Waals surface area contributed by atoms with E-state index in [1.165, 1.54) is 11.3 Å². The van der Waals surface area contributed by atoms with Crippen LogP contribution in [-0.4, -0.2) is 30.6 Å². The van der Waals surface area contributed by atoms with Crippen molar-refractivity contribution in [2.45, 2.75) is 18.3 Å². The van der Waals surface area contributed by atoms with Crippen LogP contribution in [0.25, 0.3) is 0 Å². The van der Waals surface area contributed by atoms with Crippen LogP contribution < -0.4 is 0 Å². The molecule has 0 saturated carbocycles. The van der Waals surface area contributed by atoms with Crippen LogP contribution in [0, 0.1) is 0 Å². The van der Waals surface area contributed by atoms with Crippen molar-refractivity contribution in [3.63, 3.8) is 0 Å². The molecule has 1 N–H and O–H groups in total. The Morgan fingerprint density at radius 2 is 2.12 bits per heavy atom. The van der Waals surface area contributed by atoms with E-state index in [1.54, 1.807) is 12.1 Å². The molecule has 16 heavy (non-hydrogen) atoms. The highest BCUT2D eigenvalue weighted by molar-refractivity contribution is 7.13. The molecule has 0 aromatic carbocycles. The maximum absolute atomic E-state index is 11.4. The number of carbonyl (C=O) groups is 2. The molecule has 1 aromatic heterocycles. The fraction of sp³-hybridized carbons (Fsp3) is 0.455. The Morgan fingerprint density at radius 3 is 2.62 bits per heavy atom. The number of aliphatic carboxylic acids is 1. The molecule has 0 radical (unpaired) electrons. The van der Waals surface area contributed by atoms with Crippen molar-refractivity contribution in [2.75, 3.05) is 13.2 Å². The smallest absolute Gasteiger partial charge is 0.315 e. The van der Waals surface area contributed by atoms with Crippen molar-refractivity contribution in [1.29, 1.82) is 0 Å².